The van der Waals surface area contributed by atoms with Crippen molar-refractivity contribution in [2.45, 2.75) is 13.8 Å². The number of thiazole rings is 2. The van der Waals surface area contributed by atoms with Crippen LogP contribution in [0.25, 0.3) is 10.2 Å². The number of aromatic nitrogens is 2. The number of fused-ring (bicyclic) bond motifs is 1. The first kappa shape index (κ1) is 16.4. The van der Waals surface area contributed by atoms with Crippen LogP contribution in [0.1, 0.15) is 20.4 Å². The highest BCUT2D eigenvalue weighted by Gasteiger charge is 2.26. The first-order valence-corrected chi connectivity index (χ1v) is 9.69. The molecule has 0 N–H and O–H groups in total. The molecule has 1 aliphatic rings. The summed E-state index contributed by atoms with van der Waals surface area (Å²) in [6.07, 6.45) is 0. The maximum Gasteiger partial charge on any atom is 0.265 e. The lowest BCUT2D eigenvalue weighted by atomic mass is 10.3. The third-order valence-electron chi connectivity index (χ3n) is 4.29. The molecule has 130 valence electrons. The van der Waals surface area contributed by atoms with Gasteiger partial charge in [0.2, 0.25) is 0 Å². The minimum absolute atomic E-state index is 0.0538. The average molecular weight is 376 g/mol. The van der Waals surface area contributed by atoms with E-state index < -0.39 is 0 Å². The number of amides is 1. The molecule has 0 radical (unpaired) electrons. The molecule has 0 saturated carbocycles. The van der Waals surface area contributed by atoms with E-state index in [1.54, 1.807) is 6.07 Å². The van der Waals surface area contributed by atoms with Gasteiger partial charge in [-0.25, -0.2) is 14.4 Å². The molecule has 3 aromatic rings. The zero-order valence-corrected chi connectivity index (χ0v) is 15.6. The van der Waals surface area contributed by atoms with Gasteiger partial charge in [-0.3, -0.25) is 4.79 Å². The monoisotopic (exact) mass is 376 g/mol. The highest BCUT2D eigenvalue weighted by molar-refractivity contribution is 7.22. The van der Waals surface area contributed by atoms with Crippen molar-refractivity contribution in [3.05, 3.63) is 39.6 Å². The Balaban J connectivity index is 1.48. The van der Waals surface area contributed by atoms with Gasteiger partial charge in [-0.1, -0.05) is 17.4 Å². The molecule has 1 amide bonds. The zero-order valence-electron chi connectivity index (χ0n) is 14.0. The third kappa shape index (κ3) is 3.00. The van der Waals surface area contributed by atoms with Gasteiger partial charge in [0.25, 0.3) is 5.91 Å². The number of benzene rings is 1. The number of halogens is 1. The van der Waals surface area contributed by atoms with Gasteiger partial charge in [0.05, 0.1) is 15.4 Å². The van der Waals surface area contributed by atoms with Gasteiger partial charge >= 0.3 is 0 Å². The lowest BCUT2D eigenvalue weighted by Crippen LogP contribution is -2.48. The molecule has 0 spiro atoms. The minimum atomic E-state index is -0.287. The molecule has 1 aromatic carbocycles. The number of piperazine rings is 1. The average Bonchev–Trinajstić information content (AvgIpc) is 3.18. The van der Waals surface area contributed by atoms with Crippen molar-refractivity contribution in [3.8, 4) is 0 Å². The fraction of sp³-hybridized carbons (Fsp3) is 0.353. The van der Waals surface area contributed by atoms with E-state index in [4.69, 9.17) is 0 Å². The molecule has 1 saturated heterocycles. The Bertz CT molecular complexity index is 943. The van der Waals surface area contributed by atoms with Crippen molar-refractivity contribution in [1.29, 1.82) is 0 Å². The smallest absolute Gasteiger partial charge is 0.265 e. The normalized spacial score (nSPS) is 15.2. The van der Waals surface area contributed by atoms with Gasteiger partial charge in [0.15, 0.2) is 5.13 Å². The number of nitrogens with zero attached hydrogens (tertiary/aromatic N) is 4. The van der Waals surface area contributed by atoms with E-state index in [9.17, 15) is 9.18 Å². The van der Waals surface area contributed by atoms with Gasteiger partial charge < -0.3 is 9.80 Å². The lowest BCUT2D eigenvalue weighted by Gasteiger charge is -2.34. The first-order chi connectivity index (χ1) is 12.0. The Labute approximate surface area is 152 Å². The van der Waals surface area contributed by atoms with Crippen molar-refractivity contribution in [2.24, 2.45) is 0 Å². The summed E-state index contributed by atoms with van der Waals surface area (Å²) in [6.45, 7) is 6.45. The van der Waals surface area contributed by atoms with Crippen molar-refractivity contribution < 1.29 is 9.18 Å². The Morgan fingerprint density at radius 3 is 2.52 bits per heavy atom. The van der Waals surface area contributed by atoms with Crippen LogP contribution in [0.15, 0.2) is 18.2 Å². The molecule has 8 heteroatoms. The summed E-state index contributed by atoms with van der Waals surface area (Å²) in [5.74, 6) is -0.233. The van der Waals surface area contributed by atoms with Crippen LogP contribution in [0.2, 0.25) is 0 Å². The Morgan fingerprint density at radius 1 is 1.12 bits per heavy atom. The largest absolute Gasteiger partial charge is 0.345 e. The number of hydrogen-bond donors (Lipinski definition) is 0. The van der Waals surface area contributed by atoms with E-state index in [1.807, 2.05) is 24.8 Å². The number of aryl methyl sites for hydroxylation is 2. The molecule has 0 unspecified atom stereocenters. The molecular weight excluding hydrogens is 359 g/mol. The minimum Gasteiger partial charge on any atom is -0.345 e. The first-order valence-electron chi connectivity index (χ1n) is 8.06. The van der Waals surface area contributed by atoms with Crippen molar-refractivity contribution >= 4 is 43.9 Å². The Hall–Kier alpha value is -2.06. The fourth-order valence-electron chi connectivity index (χ4n) is 3.01. The van der Waals surface area contributed by atoms with Gasteiger partial charge in [-0.15, -0.1) is 11.3 Å². The van der Waals surface area contributed by atoms with Crippen LogP contribution in [0, 0.1) is 19.7 Å². The van der Waals surface area contributed by atoms with Crippen LogP contribution in [-0.2, 0) is 0 Å². The van der Waals surface area contributed by atoms with Crippen LogP contribution in [0.4, 0.5) is 9.52 Å². The van der Waals surface area contributed by atoms with Crippen LogP contribution in [-0.4, -0.2) is 47.0 Å². The molecule has 25 heavy (non-hydrogen) atoms. The zero-order chi connectivity index (χ0) is 17.6. The molecule has 3 heterocycles. The van der Waals surface area contributed by atoms with Gasteiger partial charge in [-0.05, 0) is 26.0 Å². The summed E-state index contributed by atoms with van der Waals surface area (Å²) < 4.78 is 14.7. The lowest BCUT2D eigenvalue weighted by molar-refractivity contribution is 0.0750. The van der Waals surface area contributed by atoms with Crippen molar-refractivity contribution in [3.63, 3.8) is 0 Å². The summed E-state index contributed by atoms with van der Waals surface area (Å²) in [7, 11) is 0. The summed E-state index contributed by atoms with van der Waals surface area (Å²) >= 11 is 2.94. The standard InChI is InChI=1S/C17H17FN4OS2/c1-10-15(24-11(2)19-10)16(23)21-6-8-22(9-7-21)17-20-14-12(18)4-3-5-13(14)25-17/h3-5H,6-9H2,1-2H3. The Morgan fingerprint density at radius 2 is 1.88 bits per heavy atom. The van der Waals surface area contributed by atoms with E-state index in [1.165, 1.54) is 28.7 Å². The summed E-state index contributed by atoms with van der Waals surface area (Å²) in [6, 6.07) is 5.02. The fourth-order valence-corrected chi connectivity index (χ4v) is 4.93. The predicted molar refractivity (Wildman–Crippen MR) is 99.3 cm³/mol. The summed E-state index contributed by atoms with van der Waals surface area (Å²) in [5, 5.41) is 1.73. The molecule has 4 rings (SSSR count). The quantitative estimate of drug-likeness (QED) is 0.687. The summed E-state index contributed by atoms with van der Waals surface area (Å²) in [4.78, 5) is 26.2. The van der Waals surface area contributed by atoms with E-state index in [-0.39, 0.29) is 11.7 Å². The van der Waals surface area contributed by atoms with Gasteiger partial charge in [0.1, 0.15) is 16.2 Å². The molecule has 0 aliphatic carbocycles. The van der Waals surface area contributed by atoms with E-state index in [0.717, 1.165) is 25.4 Å². The van der Waals surface area contributed by atoms with E-state index >= 15 is 0 Å². The predicted octanol–water partition coefficient (Wildman–Crippen LogP) is 3.47. The highest BCUT2D eigenvalue weighted by atomic mass is 32.1. The third-order valence-corrected chi connectivity index (χ3v) is 6.44. The number of carbonyl (C=O) groups is 1. The number of para-hydroxylation sites is 1. The maximum absolute atomic E-state index is 13.8. The molecule has 0 atom stereocenters. The number of carbonyl (C=O) groups excluding carboxylic acids is 1. The molecule has 0 bridgehead atoms. The summed E-state index contributed by atoms with van der Waals surface area (Å²) in [5.41, 5.74) is 1.23. The van der Waals surface area contributed by atoms with E-state index in [0.29, 0.717) is 31.7 Å². The topological polar surface area (TPSA) is 49.3 Å². The number of anilines is 1. The van der Waals surface area contributed by atoms with E-state index in [2.05, 4.69) is 14.9 Å². The van der Waals surface area contributed by atoms with Gasteiger partial charge in [-0.2, -0.15) is 0 Å². The van der Waals surface area contributed by atoms with Crippen LogP contribution >= 0.6 is 22.7 Å². The highest BCUT2D eigenvalue weighted by Crippen LogP contribution is 2.31. The SMILES string of the molecule is Cc1nc(C)c(C(=O)N2CCN(c3nc4c(F)cccc4s3)CC2)s1. The van der Waals surface area contributed by atoms with Crippen molar-refractivity contribution in [1.82, 2.24) is 14.9 Å². The van der Waals surface area contributed by atoms with Crippen LogP contribution in [0.5, 0.6) is 0 Å². The molecule has 1 fully saturated rings. The molecule has 5 nitrogen and oxygen atoms in total. The number of hydrogen-bond acceptors (Lipinski definition) is 6. The second kappa shape index (κ2) is 6.34. The molecular formula is C17H17FN4OS2. The van der Waals surface area contributed by atoms with Gasteiger partial charge in [0, 0.05) is 26.2 Å². The number of rotatable bonds is 2. The van der Waals surface area contributed by atoms with Crippen LogP contribution < -0.4 is 4.90 Å². The maximum atomic E-state index is 13.8. The molecule has 2 aromatic heterocycles. The second-order valence-electron chi connectivity index (χ2n) is 6.01. The Kier molecular flexibility index (Phi) is 4.16. The molecule has 1 aliphatic heterocycles. The van der Waals surface area contributed by atoms with Crippen LogP contribution in [0.3, 0.4) is 0 Å². The van der Waals surface area contributed by atoms with Crippen molar-refractivity contribution in [2.75, 3.05) is 31.1 Å². The second-order valence-corrected chi connectivity index (χ2v) is 8.22.